The second-order valence-corrected chi connectivity index (χ2v) is 12.5. The number of hydrogen-bond donors (Lipinski definition) is 1. The lowest BCUT2D eigenvalue weighted by atomic mass is 9.89. The maximum absolute atomic E-state index is 13.4. The number of pyridine rings is 1. The first-order valence-electron chi connectivity index (χ1n) is 11.1. The Balaban J connectivity index is 1.68. The summed E-state index contributed by atoms with van der Waals surface area (Å²) in [5.74, 6) is 0. The van der Waals surface area contributed by atoms with Crippen molar-refractivity contribution >= 4 is 55.3 Å². The molecule has 0 radical (unpaired) electrons. The van der Waals surface area contributed by atoms with Gasteiger partial charge in [-0.25, -0.2) is 22.2 Å². The summed E-state index contributed by atoms with van der Waals surface area (Å²) in [7, 11) is -3.80. The van der Waals surface area contributed by atoms with Crippen molar-refractivity contribution in [2.75, 3.05) is 0 Å². The number of fused-ring (bicyclic) bond motifs is 1. The zero-order chi connectivity index (χ0) is 24.7. The van der Waals surface area contributed by atoms with Crippen LogP contribution in [0.25, 0.3) is 16.6 Å². The Morgan fingerprint density at radius 3 is 2.59 bits per heavy atom. The maximum Gasteiger partial charge on any atom is 0.407 e. The standard InChI is InChI=1S/C25H28IN3O4S/c1-16-8-10-19(11-9-16)34(31,32)29-15-21(26)22-20(12-13-27-23(22)29)17-6-5-7-18(14-17)28-24(30)33-25(2,3)4/h6,8-13,15,18H,5,7,14H2,1-4H3,(H,28,30). The molecule has 1 N–H and O–H groups in total. The molecule has 0 fully saturated rings. The van der Waals surface area contributed by atoms with Crippen molar-refractivity contribution in [3.05, 3.63) is 63.5 Å². The molecule has 0 saturated heterocycles. The van der Waals surface area contributed by atoms with E-state index in [4.69, 9.17) is 4.74 Å². The van der Waals surface area contributed by atoms with Crippen LogP contribution >= 0.6 is 22.6 Å². The Labute approximate surface area is 213 Å². The van der Waals surface area contributed by atoms with Crippen LogP contribution in [-0.2, 0) is 14.8 Å². The zero-order valence-electron chi connectivity index (χ0n) is 19.6. The molecule has 1 unspecified atom stereocenters. The normalized spacial score (nSPS) is 16.9. The summed E-state index contributed by atoms with van der Waals surface area (Å²) < 4.78 is 34.3. The van der Waals surface area contributed by atoms with Gasteiger partial charge >= 0.3 is 6.09 Å². The molecule has 0 saturated carbocycles. The maximum atomic E-state index is 13.4. The topological polar surface area (TPSA) is 90.3 Å². The van der Waals surface area contributed by atoms with E-state index in [0.29, 0.717) is 12.1 Å². The molecule has 0 spiro atoms. The minimum absolute atomic E-state index is 0.0610. The van der Waals surface area contributed by atoms with Crippen LogP contribution in [0.1, 0.15) is 51.2 Å². The van der Waals surface area contributed by atoms with Gasteiger partial charge in [0.15, 0.2) is 5.65 Å². The van der Waals surface area contributed by atoms with Crippen LogP contribution in [0.5, 0.6) is 0 Å². The largest absolute Gasteiger partial charge is 0.444 e. The molecular formula is C25H28IN3O4S. The Kier molecular flexibility index (Phi) is 6.78. The van der Waals surface area contributed by atoms with Gasteiger partial charge < -0.3 is 10.1 Å². The van der Waals surface area contributed by atoms with Gasteiger partial charge in [0.25, 0.3) is 10.0 Å². The fourth-order valence-electron chi connectivity index (χ4n) is 4.08. The molecule has 1 amide bonds. The third-order valence-corrected chi connectivity index (χ3v) is 8.11. The number of benzene rings is 1. The van der Waals surface area contributed by atoms with Gasteiger partial charge in [-0.05, 0) is 98.9 Å². The molecule has 1 aliphatic rings. The lowest BCUT2D eigenvalue weighted by Crippen LogP contribution is -2.39. The lowest BCUT2D eigenvalue weighted by Gasteiger charge is -2.26. The number of halogens is 1. The fourth-order valence-corrected chi connectivity index (χ4v) is 6.40. The third-order valence-electron chi connectivity index (χ3n) is 5.63. The number of ether oxygens (including phenoxy) is 1. The van der Waals surface area contributed by atoms with E-state index in [2.05, 4.69) is 39.0 Å². The molecule has 0 aliphatic heterocycles. The molecule has 3 aromatic rings. The summed E-state index contributed by atoms with van der Waals surface area (Å²) in [5, 5.41) is 3.77. The second-order valence-electron chi connectivity index (χ2n) is 9.50. The highest BCUT2D eigenvalue weighted by atomic mass is 127. The molecule has 34 heavy (non-hydrogen) atoms. The van der Waals surface area contributed by atoms with Crippen molar-refractivity contribution in [1.82, 2.24) is 14.3 Å². The van der Waals surface area contributed by atoms with Crippen LogP contribution in [0.3, 0.4) is 0 Å². The molecule has 2 aromatic heterocycles. The van der Waals surface area contributed by atoms with Crippen molar-refractivity contribution in [3.8, 4) is 0 Å². The number of carbonyl (C=O) groups excluding carboxylic acids is 1. The highest BCUT2D eigenvalue weighted by Gasteiger charge is 2.26. The molecule has 7 nitrogen and oxygen atoms in total. The highest BCUT2D eigenvalue weighted by molar-refractivity contribution is 14.1. The van der Waals surface area contributed by atoms with Crippen molar-refractivity contribution in [1.29, 1.82) is 0 Å². The van der Waals surface area contributed by atoms with E-state index in [1.54, 1.807) is 36.7 Å². The average Bonchev–Trinajstić information content (AvgIpc) is 3.10. The van der Waals surface area contributed by atoms with Gasteiger partial charge in [0, 0.05) is 27.4 Å². The van der Waals surface area contributed by atoms with E-state index < -0.39 is 21.7 Å². The molecule has 180 valence electrons. The highest BCUT2D eigenvalue weighted by Crippen LogP contribution is 2.35. The van der Waals surface area contributed by atoms with Crippen LogP contribution in [0.15, 0.2) is 53.7 Å². The first-order chi connectivity index (χ1) is 16.0. The predicted octanol–water partition coefficient (Wildman–Crippen LogP) is 5.65. The van der Waals surface area contributed by atoms with Gasteiger partial charge in [-0.1, -0.05) is 23.8 Å². The number of rotatable bonds is 4. The van der Waals surface area contributed by atoms with Gasteiger partial charge in [-0.15, -0.1) is 0 Å². The SMILES string of the molecule is Cc1ccc(S(=O)(=O)n2cc(I)c3c(C4=CCCC(NC(=O)OC(C)(C)C)C4)ccnc32)cc1. The number of aromatic nitrogens is 2. The van der Waals surface area contributed by atoms with Crippen LogP contribution in [0.2, 0.25) is 0 Å². The Bertz CT molecular complexity index is 1370. The van der Waals surface area contributed by atoms with Crippen LogP contribution < -0.4 is 5.32 Å². The van der Waals surface area contributed by atoms with E-state index in [1.165, 1.54) is 3.97 Å². The summed E-state index contributed by atoms with van der Waals surface area (Å²) in [6.07, 6.45) is 7.24. The van der Waals surface area contributed by atoms with Crippen LogP contribution in [0, 0.1) is 10.5 Å². The van der Waals surface area contributed by atoms with E-state index >= 15 is 0 Å². The minimum Gasteiger partial charge on any atom is -0.444 e. The molecular weight excluding hydrogens is 565 g/mol. The Morgan fingerprint density at radius 2 is 1.91 bits per heavy atom. The minimum atomic E-state index is -3.80. The smallest absolute Gasteiger partial charge is 0.407 e. The molecule has 4 rings (SSSR count). The van der Waals surface area contributed by atoms with Gasteiger partial charge in [0.05, 0.1) is 4.90 Å². The van der Waals surface area contributed by atoms with Gasteiger partial charge in [-0.2, -0.15) is 0 Å². The number of carbonyl (C=O) groups is 1. The molecule has 1 atom stereocenters. The van der Waals surface area contributed by atoms with Crippen molar-refractivity contribution in [2.45, 2.75) is 63.5 Å². The number of nitrogens with one attached hydrogen (secondary N) is 1. The monoisotopic (exact) mass is 593 g/mol. The van der Waals surface area contributed by atoms with Crippen LogP contribution in [0.4, 0.5) is 4.79 Å². The lowest BCUT2D eigenvalue weighted by molar-refractivity contribution is 0.0502. The van der Waals surface area contributed by atoms with E-state index in [9.17, 15) is 13.2 Å². The number of hydrogen-bond acceptors (Lipinski definition) is 5. The van der Waals surface area contributed by atoms with E-state index in [1.807, 2.05) is 33.8 Å². The zero-order valence-corrected chi connectivity index (χ0v) is 22.6. The first kappa shape index (κ1) is 24.7. The number of nitrogens with zero attached hydrogens (tertiary/aromatic N) is 2. The molecule has 9 heteroatoms. The quantitative estimate of drug-likeness (QED) is 0.395. The van der Waals surface area contributed by atoms with Crippen molar-refractivity contribution in [2.24, 2.45) is 0 Å². The molecule has 1 aliphatic carbocycles. The third kappa shape index (κ3) is 5.14. The summed E-state index contributed by atoms with van der Waals surface area (Å²) >= 11 is 2.16. The fraction of sp³-hybridized carbons (Fsp3) is 0.360. The average molecular weight is 593 g/mol. The van der Waals surface area contributed by atoms with Gasteiger partial charge in [0.2, 0.25) is 0 Å². The summed E-state index contributed by atoms with van der Waals surface area (Å²) in [6.45, 7) is 7.43. The van der Waals surface area contributed by atoms with Crippen molar-refractivity contribution in [3.63, 3.8) is 0 Å². The Morgan fingerprint density at radius 1 is 1.21 bits per heavy atom. The van der Waals surface area contributed by atoms with E-state index in [0.717, 1.165) is 38.5 Å². The summed E-state index contributed by atoms with van der Waals surface area (Å²) in [5.41, 5.74) is 2.82. The molecule has 1 aromatic carbocycles. The predicted molar refractivity (Wildman–Crippen MR) is 141 cm³/mol. The number of allylic oxidation sites excluding steroid dienone is 1. The molecule has 0 bridgehead atoms. The summed E-state index contributed by atoms with van der Waals surface area (Å²) in [6, 6.07) is 8.65. The van der Waals surface area contributed by atoms with Crippen LogP contribution in [-0.4, -0.2) is 35.1 Å². The number of alkyl carbamates (subject to hydrolysis) is 1. The first-order valence-corrected chi connectivity index (χ1v) is 13.6. The second kappa shape index (κ2) is 9.33. The number of aryl methyl sites for hydroxylation is 1. The number of amides is 1. The van der Waals surface area contributed by atoms with Gasteiger partial charge in [-0.3, -0.25) is 0 Å². The Hall–Kier alpha value is -2.40. The molecule has 2 heterocycles. The summed E-state index contributed by atoms with van der Waals surface area (Å²) in [4.78, 5) is 16.9. The van der Waals surface area contributed by atoms with Gasteiger partial charge in [0.1, 0.15) is 5.60 Å². The van der Waals surface area contributed by atoms with E-state index in [-0.39, 0.29) is 10.9 Å². The van der Waals surface area contributed by atoms with Crippen molar-refractivity contribution < 1.29 is 17.9 Å².